The van der Waals surface area contributed by atoms with Crippen LogP contribution in [0, 0.1) is 41.5 Å². The van der Waals surface area contributed by atoms with E-state index in [0.717, 1.165) is 48.3 Å². The van der Waals surface area contributed by atoms with Crippen molar-refractivity contribution in [3.63, 3.8) is 0 Å². The van der Waals surface area contributed by atoms with Gasteiger partial charge < -0.3 is 0 Å². The number of aryl methyl sites for hydroxylation is 6. The van der Waals surface area contributed by atoms with Gasteiger partial charge in [0.15, 0.2) is 0 Å². The molecule has 3 nitrogen and oxygen atoms in total. The molecule has 0 bridgehead atoms. The van der Waals surface area contributed by atoms with Crippen molar-refractivity contribution < 1.29 is 0 Å². The first-order valence-electron chi connectivity index (χ1n) is 23.5. The summed E-state index contributed by atoms with van der Waals surface area (Å²) < 4.78 is 3.73. The first kappa shape index (κ1) is 44.0. The van der Waals surface area contributed by atoms with Gasteiger partial charge in [0.2, 0.25) is 0 Å². The van der Waals surface area contributed by atoms with Crippen molar-refractivity contribution in [1.29, 1.82) is 0 Å². The lowest BCUT2D eigenvalue weighted by molar-refractivity contribution is 1.35. The highest BCUT2D eigenvalue weighted by molar-refractivity contribution is 7.19. The molecule has 7 heteroatoms. The Morgan fingerprint density at radius 3 is 0.800 bits per heavy atom. The Morgan fingerprint density at radius 2 is 0.529 bits per heavy atom. The van der Waals surface area contributed by atoms with Crippen LogP contribution in [0.2, 0.25) is 0 Å². The van der Waals surface area contributed by atoms with E-state index in [2.05, 4.69) is 205 Å². The maximum Gasteiger partial charge on any atom is 0.0908 e. The number of benzene rings is 10. The number of hydrogen-bond donors (Lipinski definition) is 0. The van der Waals surface area contributed by atoms with Crippen molar-refractivity contribution in [3.8, 4) is 66.8 Å². The van der Waals surface area contributed by atoms with Gasteiger partial charge in [0, 0.05) is 24.6 Å². The molecule has 0 unspecified atom stereocenters. The van der Waals surface area contributed by atoms with E-state index in [0.29, 0.717) is 0 Å². The minimum absolute atomic E-state index is 0. The summed E-state index contributed by atoms with van der Waals surface area (Å²) in [6, 6.07) is 61.7. The molecule has 0 aliphatic carbocycles. The molecule has 13 rings (SSSR count). The summed E-state index contributed by atoms with van der Waals surface area (Å²) in [7, 11) is 0. The topological polar surface area (TPSA) is 38.7 Å². The third-order valence-electron chi connectivity index (χ3n) is 14.0. The van der Waals surface area contributed by atoms with Crippen molar-refractivity contribution in [2.24, 2.45) is 0 Å². The average molecular weight is 951 g/mol. The average Bonchev–Trinajstić information content (AvgIpc) is 4.07. The van der Waals surface area contributed by atoms with Crippen LogP contribution in [0.25, 0.3) is 130 Å². The summed E-state index contributed by atoms with van der Waals surface area (Å²) in [6.07, 6.45) is 0. The van der Waals surface area contributed by atoms with Crippen LogP contribution in [0.5, 0.6) is 0 Å². The van der Waals surface area contributed by atoms with E-state index < -0.39 is 0 Å². The van der Waals surface area contributed by atoms with Crippen LogP contribution in [0.1, 0.15) is 31.7 Å². The van der Waals surface area contributed by atoms with Crippen molar-refractivity contribution in [2.75, 3.05) is 0 Å². The van der Waals surface area contributed by atoms with Gasteiger partial charge >= 0.3 is 0 Å². The van der Waals surface area contributed by atoms with E-state index in [1.807, 2.05) is 0 Å². The lowest BCUT2D eigenvalue weighted by Gasteiger charge is -2.18. The monoisotopic (exact) mass is 950 g/mol. The van der Waals surface area contributed by atoms with Crippen molar-refractivity contribution in [2.45, 2.75) is 41.5 Å². The van der Waals surface area contributed by atoms with Crippen LogP contribution in [0.15, 0.2) is 164 Å². The number of rotatable bonds is 6. The SMILES string of the molecule is Cc1nc2c(cc(C)c3cc(-c4ccccc4-c4cc(-c5ccccc5-c5ccc6c(c5)c(C)cc5sc(C)nc56)cc(-c5ccccc5-c5ccc6c(c5)c(C)cc5sc(C)nc56)c4)ccc32)s1.[B]. The van der Waals surface area contributed by atoms with Crippen LogP contribution < -0.4 is 0 Å². The Bertz CT molecular complexity index is 3840. The van der Waals surface area contributed by atoms with Gasteiger partial charge in [-0.05, 0) is 196 Å². The van der Waals surface area contributed by atoms with Crippen molar-refractivity contribution in [3.05, 3.63) is 196 Å². The summed E-state index contributed by atoms with van der Waals surface area (Å²) >= 11 is 5.30. The van der Waals surface area contributed by atoms with E-state index >= 15 is 0 Å². The molecule has 0 spiro atoms. The van der Waals surface area contributed by atoms with E-state index in [1.54, 1.807) is 34.0 Å². The Kier molecular flexibility index (Phi) is 10.7. The third kappa shape index (κ3) is 7.26. The molecule has 0 atom stereocenters. The summed E-state index contributed by atoms with van der Waals surface area (Å²) in [6.45, 7) is 13.0. The molecule has 0 aliphatic heterocycles. The Morgan fingerprint density at radius 1 is 0.271 bits per heavy atom. The molecular formula is C63H45BN3S3. The molecule has 0 saturated heterocycles. The second-order valence-corrected chi connectivity index (χ2v) is 22.2. The summed E-state index contributed by atoms with van der Waals surface area (Å²) in [5.41, 5.74) is 21.3. The minimum Gasteiger partial charge on any atom is -0.241 e. The van der Waals surface area contributed by atoms with E-state index in [9.17, 15) is 0 Å². The van der Waals surface area contributed by atoms with Gasteiger partial charge in [0.1, 0.15) is 0 Å². The Labute approximate surface area is 421 Å². The predicted molar refractivity (Wildman–Crippen MR) is 305 cm³/mol. The van der Waals surface area contributed by atoms with Crippen LogP contribution in [-0.4, -0.2) is 23.4 Å². The maximum absolute atomic E-state index is 4.96. The zero-order valence-corrected chi connectivity index (χ0v) is 42.2. The van der Waals surface area contributed by atoms with Crippen LogP contribution >= 0.6 is 34.0 Å². The minimum atomic E-state index is 0. The molecule has 0 fully saturated rings. The zero-order valence-electron chi connectivity index (χ0n) is 39.7. The number of fused-ring (bicyclic) bond motifs is 9. The molecule has 0 saturated carbocycles. The molecule has 333 valence electrons. The Balaban J connectivity index is 0.00000505. The predicted octanol–water partition coefficient (Wildman–Crippen LogP) is 18.4. The second kappa shape index (κ2) is 17.0. The van der Waals surface area contributed by atoms with Gasteiger partial charge in [-0.2, -0.15) is 0 Å². The molecule has 3 radical (unpaired) electrons. The highest BCUT2D eigenvalue weighted by Crippen LogP contribution is 2.45. The zero-order chi connectivity index (χ0) is 46.7. The highest BCUT2D eigenvalue weighted by Gasteiger charge is 2.19. The lowest BCUT2D eigenvalue weighted by atomic mass is 9.85. The lowest BCUT2D eigenvalue weighted by Crippen LogP contribution is -1.93. The summed E-state index contributed by atoms with van der Waals surface area (Å²) in [4.78, 5) is 14.9. The molecule has 0 aliphatic rings. The van der Waals surface area contributed by atoms with Gasteiger partial charge in [0.25, 0.3) is 0 Å². The van der Waals surface area contributed by atoms with Gasteiger partial charge in [-0.1, -0.05) is 109 Å². The molecule has 10 aromatic carbocycles. The quantitative estimate of drug-likeness (QED) is 0.156. The van der Waals surface area contributed by atoms with Gasteiger partial charge in [-0.25, -0.2) is 15.0 Å². The second-order valence-electron chi connectivity index (χ2n) is 18.5. The van der Waals surface area contributed by atoms with E-state index in [1.165, 1.54) is 113 Å². The number of thiazole rings is 3. The largest absolute Gasteiger partial charge is 0.241 e. The number of hydrogen-bond acceptors (Lipinski definition) is 6. The molecule has 0 N–H and O–H groups in total. The van der Waals surface area contributed by atoms with Crippen molar-refractivity contribution >= 4 is 105 Å². The number of aromatic nitrogens is 3. The van der Waals surface area contributed by atoms with Crippen LogP contribution in [0.4, 0.5) is 0 Å². The first-order chi connectivity index (χ1) is 33.6. The fourth-order valence-corrected chi connectivity index (χ4v) is 13.6. The number of nitrogens with zero attached hydrogens (tertiary/aromatic N) is 3. The Hall–Kier alpha value is -7.29. The fraction of sp³-hybridized carbons (Fsp3) is 0.0952. The standard InChI is InChI=1S/C63H45N3S3.B/c1-34-25-58-61(64-37(4)67-58)52-22-19-40(31-55(34)52)46-13-7-10-16-49(46)43-28-44(50-17-11-8-14-47(50)41-20-23-53-56(32-41)35(2)26-59-62(53)65-38(5)68-59)30-45(29-43)51-18-12-9-15-48(51)42-21-24-54-57(33-42)36(3)27-60-63(54)66-39(6)69-60;/h7-33H,1-6H3;. The highest BCUT2D eigenvalue weighted by atomic mass is 32.1. The third-order valence-corrected chi connectivity index (χ3v) is 16.8. The molecule has 13 aromatic rings. The van der Waals surface area contributed by atoms with Crippen LogP contribution in [0.3, 0.4) is 0 Å². The molecule has 0 amide bonds. The van der Waals surface area contributed by atoms with Crippen LogP contribution in [-0.2, 0) is 0 Å². The summed E-state index contributed by atoms with van der Waals surface area (Å²) in [5, 5.41) is 10.6. The van der Waals surface area contributed by atoms with Gasteiger partial charge in [-0.3, -0.25) is 0 Å². The summed E-state index contributed by atoms with van der Waals surface area (Å²) in [5.74, 6) is 0. The van der Waals surface area contributed by atoms with E-state index in [-0.39, 0.29) is 8.41 Å². The maximum atomic E-state index is 4.96. The van der Waals surface area contributed by atoms with Gasteiger partial charge in [0.05, 0.1) is 45.7 Å². The molecular weight excluding hydrogens is 906 g/mol. The normalized spacial score (nSPS) is 11.7. The molecule has 70 heavy (non-hydrogen) atoms. The molecule has 3 aromatic heterocycles. The fourth-order valence-electron chi connectivity index (χ4n) is 10.8. The first-order valence-corrected chi connectivity index (χ1v) is 25.9. The van der Waals surface area contributed by atoms with Crippen molar-refractivity contribution in [1.82, 2.24) is 15.0 Å². The molecule has 3 heterocycles. The van der Waals surface area contributed by atoms with Gasteiger partial charge in [-0.15, -0.1) is 34.0 Å². The van der Waals surface area contributed by atoms with E-state index in [4.69, 9.17) is 15.0 Å². The smallest absolute Gasteiger partial charge is 0.0908 e.